The normalized spacial score (nSPS) is 12.6. The number of hydrogen-bond donors (Lipinski definition) is 2. The van der Waals surface area contributed by atoms with E-state index in [1.54, 1.807) is 0 Å². The molecule has 0 heterocycles. The average molecular weight is 361 g/mol. The van der Waals surface area contributed by atoms with Crippen molar-refractivity contribution in [3.8, 4) is 11.1 Å². The van der Waals surface area contributed by atoms with E-state index in [1.807, 2.05) is 30.3 Å². The first-order valence-corrected chi connectivity index (χ1v) is 9.53. The van der Waals surface area contributed by atoms with Crippen molar-refractivity contribution in [1.29, 1.82) is 0 Å². The second kappa shape index (κ2) is 10.0. The van der Waals surface area contributed by atoms with Gasteiger partial charge in [-0.3, -0.25) is 4.79 Å². The quantitative estimate of drug-likeness (QED) is 0.496. The third-order valence-electron chi connectivity index (χ3n) is 3.70. The number of aliphatic hydroxyl groups excluding tert-OH is 1. The predicted octanol–water partition coefficient (Wildman–Crippen LogP) is 3.88. The Morgan fingerprint density at radius 1 is 1.08 bits per heavy atom. The monoisotopic (exact) mass is 361 g/mol. The highest BCUT2D eigenvalue weighted by Gasteiger charge is 2.25. The molecule has 0 bridgehead atoms. The molecule has 25 heavy (non-hydrogen) atoms. The minimum Gasteiger partial charge on any atom is -0.481 e. The van der Waals surface area contributed by atoms with E-state index in [9.17, 15) is 14.5 Å². The third kappa shape index (κ3) is 6.75. The van der Waals surface area contributed by atoms with Gasteiger partial charge in [-0.1, -0.05) is 54.6 Å². The van der Waals surface area contributed by atoms with Crippen LogP contribution in [0.15, 0.2) is 54.6 Å². The summed E-state index contributed by atoms with van der Waals surface area (Å²) in [6.45, 7) is 0.304. The van der Waals surface area contributed by atoms with Gasteiger partial charge in [-0.2, -0.15) is 0 Å². The highest BCUT2D eigenvalue weighted by molar-refractivity contribution is 7.39. The number of aryl methyl sites for hydroxylation is 1. The number of rotatable bonds is 10. The summed E-state index contributed by atoms with van der Waals surface area (Å²) in [4.78, 5) is 10.5. The largest absolute Gasteiger partial charge is 0.510 e. The SMILES string of the molecule is O=C(O)C[C@H](O)C[P+](=O)OCCCc1ccccc1-c1ccccc1. The van der Waals surface area contributed by atoms with E-state index in [0.29, 0.717) is 13.0 Å². The van der Waals surface area contributed by atoms with Gasteiger partial charge in [0.15, 0.2) is 0 Å². The summed E-state index contributed by atoms with van der Waals surface area (Å²) < 4.78 is 16.9. The molecule has 2 aromatic carbocycles. The van der Waals surface area contributed by atoms with E-state index < -0.39 is 26.5 Å². The Hall–Kier alpha value is -2.07. The van der Waals surface area contributed by atoms with Crippen molar-refractivity contribution >= 4 is 14.0 Å². The molecular weight excluding hydrogens is 339 g/mol. The molecule has 0 aliphatic heterocycles. The Morgan fingerprint density at radius 2 is 1.76 bits per heavy atom. The molecule has 2 N–H and O–H groups in total. The van der Waals surface area contributed by atoms with Gasteiger partial charge < -0.3 is 10.2 Å². The number of benzene rings is 2. The maximum atomic E-state index is 11.7. The lowest BCUT2D eigenvalue weighted by molar-refractivity contribution is -0.138. The van der Waals surface area contributed by atoms with Gasteiger partial charge in [0, 0.05) is 0 Å². The van der Waals surface area contributed by atoms with E-state index in [4.69, 9.17) is 9.63 Å². The summed E-state index contributed by atoms with van der Waals surface area (Å²) in [5, 5.41) is 18.0. The molecule has 0 aromatic heterocycles. The fourth-order valence-electron chi connectivity index (χ4n) is 2.56. The lowest BCUT2D eigenvalue weighted by Crippen LogP contribution is -2.15. The van der Waals surface area contributed by atoms with Crippen LogP contribution in [0.1, 0.15) is 18.4 Å². The number of aliphatic hydroxyl groups is 1. The molecule has 2 rings (SSSR count). The van der Waals surface area contributed by atoms with E-state index >= 15 is 0 Å². The minimum absolute atomic E-state index is 0.151. The third-order valence-corrected chi connectivity index (χ3v) is 4.89. The number of hydrogen-bond acceptors (Lipinski definition) is 4. The van der Waals surface area contributed by atoms with E-state index in [-0.39, 0.29) is 6.16 Å². The topological polar surface area (TPSA) is 83.8 Å². The number of carboxylic acid groups (broad SMARTS) is 1. The van der Waals surface area contributed by atoms with Gasteiger partial charge in [-0.15, -0.1) is 4.52 Å². The summed E-state index contributed by atoms with van der Waals surface area (Å²) in [6, 6.07) is 18.3. The van der Waals surface area contributed by atoms with E-state index in [2.05, 4.69) is 24.3 Å². The Bertz CT molecular complexity index is 702. The van der Waals surface area contributed by atoms with E-state index in [1.165, 1.54) is 11.1 Å². The Labute approximate surface area is 148 Å². The molecule has 1 unspecified atom stereocenters. The highest BCUT2D eigenvalue weighted by atomic mass is 31.1. The van der Waals surface area contributed by atoms with Gasteiger partial charge in [-0.25, -0.2) is 0 Å². The molecule has 0 fully saturated rings. The fourth-order valence-corrected chi connectivity index (χ4v) is 3.47. The second-order valence-corrected chi connectivity index (χ2v) is 7.02. The van der Waals surface area contributed by atoms with Crippen molar-refractivity contribution in [2.75, 3.05) is 12.8 Å². The minimum atomic E-state index is -2.05. The molecule has 0 amide bonds. The maximum absolute atomic E-state index is 11.7. The molecule has 0 saturated carbocycles. The molecule has 132 valence electrons. The van der Waals surface area contributed by atoms with E-state index in [0.717, 1.165) is 12.0 Å². The number of carboxylic acids is 1. The molecule has 0 aliphatic carbocycles. The van der Waals surface area contributed by atoms with Crippen LogP contribution < -0.4 is 0 Å². The van der Waals surface area contributed by atoms with Gasteiger partial charge in [0.1, 0.15) is 12.7 Å². The first-order valence-electron chi connectivity index (χ1n) is 8.17. The van der Waals surface area contributed by atoms with Gasteiger partial charge in [-0.05, 0) is 34.1 Å². The van der Waals surface area contributed by atoms with Gasteiger partial charge >= 0.3 is 14.0 Å². The molecule has 2 aromatic rings. The zero-order valence-corrected chi connectivity index (χ0v) is 14.8. The Balaban J connectivity index is 1.81. The Morgan fingerprint density at radius 3 is 2.48 bits per heavy atom. The van der Waals surface area contributed by atoms with Crippen molar-refractivity contribution in [2.24, 2.45) is 0 Å². The first-order chi connectivity index (χ1) is 12.1. The number of carbonyl (C=O) groups is 1. The predicted molar refractivity (Wildman–Crippen MR) is 96.9 cm³/mol. The molecule has 0 saturated heterocycles. The molecule has 5 nitrogen and oxygen atoms in total. The lowest BCUT2D eigenvalue weighted by Gasteiger charge is -2.09. The van der Waals surface area contributed by atoms with Crippen LogP contribution in [0.2, 0.25) is 0 Å². The van der Waals surface area contributed by atoms with Crippen molar-refractivity contribution in [3.63, 3.8) is 0 Å². The summed E-state index contributed by atoms with van der Waals surface area (Å²) in [6.07, 6.45) is -0.233. The fraction of sp³-hybridized carbons (Fsp3) is 0.316. The van der Waals surface area contributed by atoms with Crippen LogP contribution >= 0.6 is 8.03 Å². The highest BCUT2D eigenvalue weighted by Crippen LogP contribution is 2.26. The molecule has 0 spiro atoms. The van der Waals surface area contributed by atoms with Crippen LogP contribution in [0.3, 0.4) is 0 Å². The smallest absolute Gasteiger partial charge is 0.481 e. The summed E-state index contributed by atoms with van der Waals surface area (Å²) in [5.74, 6) is -1.12. The van der Waals surface area contributed by atoms with Crippen LogP contribution in [0.4, 0.5) is 0 Å². The summed E-state index contributed by atoms with van der Waals surface area (Å²) in [5.41, 5.74) is 3.52. The van der Waals surface area contributed by atoms with Crippen molar-refractivity contribution < 1.29 is 24.1 Å². The van der Waals surface area contributed by atoms with Gasteiger partial charge in [0.25, 0.3) is 0 Å². The van der Waals surface area contributed by atoms with Gasteiger partial charge in [0.2, 0.25) is 6.16 Å². The van der Waals surface area contributed by atoms with Crippen molar-refractivity contribution in [3.05, 3.63) is 60.2 Å². The molecule has 6 heteroatoms. The molecule has 0 radical (unpaired) electrons. The van der Waals surface area contributed by atoms with Gasteiger partial charge in [0.05, 0.1) is 6.42 Å². The van der Waals surface area contributed by atoms with Crippen LogP contribution in [0, 0.1) is 0 Å². The zero-order chi connectivity index (χ0) is 18.1. The van der Waals surface area contributed by atoms with Crippen molar-refractivity contribution in [2.45, 2.75) is 25.4 Å². The zero-order valence-electron chi connectivity index (χ0n) is 13.9. The van der Waals surface area contributed by atoms with Crippen LogP contribution in [-0.2, 0) is 20.3 Å². The standard InChI is InChI=1S/C19H21O5P/c20-17(13-19(21)22)14-25(23)24-12-6-10-16-9-4-5-11-18(16)15-7-2-1-3-8-15/h1-5,7-9,11,17,20H,6,10,12-14H2/p+1/t17-/m0/s1. The molecular formula is C19H22O5P+. The maximum Gasteiger partial charge on any atom is 0.510 e. The summed E-state index contributed by atoms with van der Waals surface area (Å²) >= 11 is 0. The second-order valence-electron chi connectivity index (χ2n) is 5.73. The molecule has 0 aliphatic rings. The van der Waals surface area contributed by atoms with Crippen LogP contribution in [0.5, 0.6) is 0 Å². The van der Waals surface area contributed by atoms with Crippen LogP contribution in [-0.4, -0.2) is 35.1 Å². The average Bonchev–Trinajstić information content (AvgIpc) is 2.59. The summed E-state index contributed by atoms with van der Waals surface area (Å²) in [7, 11) is -2.05. The number of aliphatic carboxylic acids is 1. The van der Waals surface area contributed by atoms with Crippen molar-refractivity contribution in [1.82, 2.24) is 0 Å². The Kier molecular flexibility index (Phi) is 7.74. The van der Waals surface area contributed by atoms with Crippen LogP contribution in [0.25, 0.3) is 11.1 Å². The first kappa shape index (κ1) is 19.3. The lowest BCUT2D eigenvalue weighted by atomic mass is 9.97. The molecule has 2 atom stereocenters.